The van der Waals surface area contributed by atoms with E-state index in [2.05, 4.69) is 25.0 Å². The number of methoxy groups -OCH3 is 1. The number of ether oxygens (including phenoxy) is 1. The Balaban J connectivity index is 1.61. The van der Waals surface area contributed by atoms with Crippen molar-refractivity contribution in [3.05, 3.63) is 72.2 Å². The van der Waals surface area contributed by atoms with Crippen molar-refractivity contribution in [3.8, 4) is 5.75 Å². The highest BCUT2D eigenvalue weighted by Crippen LogP contribution is 2.28. The molecule has 0 atom stereocenters. The van der Waals surface area contributed by atoms with Crippen LogP contribution in [0.3, 0.4) is 0 Å². The van der Waals surface area contributed by atoms with E-state index in [1.54, 1.807) is 0 Å². The largest absolute Gasteiger partial charge is 0.497 e. The first kappa shape index (κ1) is 21.2. The van der Waals surface area contributed by atoms with E-state index in [-0.39, 0.29) is 10.5 Å². The predicted molar refractivity (Wildman–Crippen MR) is 112 cm³/mol. The van der Waals surface area contributed by atoms with Crippen molar-refractivity contribution in [2.24, 2.45) is 0 Å². The summed E-state index contributed by atoms with van der Waals surface area (Å²) in [6.45, 7) is 0. The molecular weight excluding hydrogens is 444 g/mol. The number of amides is 1. The first-order valence-corrected chi connectivity index (χ1v) is 10.5. The number of aromatic amines is 1. The lowest BCUT2D eigenvalue weighted by Crippen LogP contribution is -2.17. The first-order chi connectivity index (χ1) is 15.3. The Hall–Kier alpha value is -4.06. The fourth-order valence-corrected chi connectivity index (χ4v) is 3.90. The predicted octanol–water partition coefficient (Wildman–Crippen LogP) is 3.30. The number of rotatable bonds is 6. The van der Waals surface area contributed by atoms with Crippen LogP contribution >= 0.6 is 0 Å². The smallest absolute Gasteiger partial charge is 0.261 e. The van der Waals surface area contributed by atoms with Gasteiger partial charge in [-0.15, -0.1) is 0 Å². The zero-order valence-electron chi connectivity index (χ0n) is 16.4. The van der Waals surface area contributed by atoms with Gasteiger partial charge >= 0.3 is 0 Å². The maximum atomic E-state index is 14.9. The molecule has 2 aromatic heterocycles. The van der Waals surface area contributed by atoms with Crippen LogP contribution in [-0.2, 0) is 10.0 Å². The molecule has 0 radical (unpaired) electrons. The standard InChI is InChI=1S/C20H15F2N5O4S/c1-31-12-2-4-13(5-3-12)32(29,30)27-15-7-6-14(21)18(17(15)22)26-20(28)11-8-16-19(23-9-11)25-10-24-16/h2-10,27H,1H3,(H,26,28)(H,23,24,25). The molecule has 2 aromatic carbocycles. The number of hydrogen-bond acceptors (Lipinski definition) is 6. The Labute approximate surface area is 180 Å². The van der Waals surface area contributed by atoms with Gasteiger partial charge in [-0.05, 0) is 42.5 Å². The summed E-state index contributed by atoms with van der Waals surface area (Å²) in [5, 5.41) is 2.12. The minimum atomic E-state index is -4.19. The van der Waals surface area contributed by atoms with Crippen molar-refractivity contribution in [2.75, 3.05) is 17.1 Å². The lowest BCUT2D eigenvalue weighted by Gasteiger charge is -2.13. The molecule has 0 spiro atoms. The van der Waals surface area contributed by atoms with E-state index in [0.29, 0.717) is 16.9 Å². The number of H-pyrrole nitrogens is 1. The van der Waals surface area contributed by atoms with Crippen LogP contribution in [0.4, 0.5) is 20.2 Å². The normalized spacial score (nSPS) is 11.3. The number of halogens is 2. The molecule has 12 heteroatoms. The summed E-state index contributed by atoms with van der Waals surface area (Å²) in [5.74, 6) is -2.78. The van der Waals surface area contributed by atoms with Crippen LogP contribution in [-0.4, -0.2) is 36.4 Å². The molecule has 0 aliphatic rings. The average Bonchev–Trinajstić information content (AvgIpc) is 3.26. The van der Waals surface area contributed by atoms with Gasteiger partial charge < -0.3 is 15.0 Å². The molecule has 3 N–H and O–H groups in total. The number of aromatic nitrogens is 3. The lowest BCUT2D eigenvalue weighted by atomic mass is 10.2. The molecule has 1 amide bonds. The number of hydrogen-bond donors (Lipinski definition) is 3. The summed E-state index contributed by atoms with van der Waals surface area (Å²) in [6.07, 6.45) is 2.58. The third-order valence-corrected chi connectivity index (χ3v) is 5.86. The highest BCUT2D eigenvalue weighted by molar-refractivity contribution is 7.92. The monoisotopic (exact) mass is 459 g/mol. The fraction of sp³-hybridized carbons (Fsp3) is 0.0500. The average molecular weight is 459 g/mol. The third kappa shape index (κ3) is 4.07. The topological polar surface area (TPSA) is 126 Å². The van der Waals surface area contributed by atoms with Gasteiger partial charge in [-0.2, -0.15) is 0 Å². The highest BCUT2D eigenvalue weighted by atomic mass is 32.2. The molecule has 0 saturated heterocycles. The molecular formula is C20H15F2N5O4S. The minimum Gasteiger partial charge on any atom is -0.497 e. The zero-order chi connectivity index (χ0) is 22.9. The highest BCUT2D eigenvalue weighted by Gasteiger charge is 2.22. The van der Waals surface area contributed by atoms with Crippen LogP contribution in [0, 0.1) is 11.6 Å². The molecule has 9 nitrogen and oxygen atoms in total. The Morgan fingerprint density at radius 2 is 1.84 bits per heavy atom. The second kappa shape index (κ2) is 8.23. The van der Waals surface area contributed by atoms with Gasteiger partial charge in [0.25, 0.3) is 15.9 Å². The van der Waals surface area contributed by atoms with Crippen LogP contribution in [0.15, 0.2) is 59.9 Å². The number of sulfonamides is 1. The number of anilines is 2. The van der Waals surface area contributed by atoms with E-state index >= 15 is 0 Å². The number of benzene rings is 2. The maximum Gasteiger partial charge on any atom is 0.261 e. The molecule has 4 aromatic rings. The number of fused-ring (bicyclic) bond motifs is 1. The third-order valence-electron chi connectivity index (χ3n) is 4.48. The quantitative estimate of drug-likeness (QED) is 0.406. The molecule has 4 rings (SSSR count). The number of imidazole rings is 1. The van der Waals surface area contributed by atoms with Gasteiger partial charge in [-0.1, -0.05) is 0 Å². The van der Waals surface area contributed by atoms with Crippen molar-refractivity contribution in [1.29, 1.82) is 0 Å². The van der Waals surface area contributed by atoms with Crippen LogP contribution in [0.1, 0.15) is 10.4 Å². The summed E-state index contributed by atoms with van der Waals surface area (Å²) in [6, 6.07) is 8.54. The summed E-state index contributed by atoms with van der Waals surface area (Å²) >= 11 is 0. The van der Waals surface area contributed by atoms with Gasteiger partial charge in [0.1, 0.15) is 17.3 Å². The van der Waals surface area contributed by atoms with E-state index in [0.717, 1.165) is 12.1 Å². The molecule has 0 aliphatic carbocycles. The fourth-order valence-electron chi connectivity index (χ4n) is 2.84. The number of carbonyl (C=O) groups is 1. The van der Waals surface area contributed by atoms with E-state index in [4.69, 9.17) is 4.74 Å². The SMILES string of the molecule is COc1ccc(S(=O)(=O)Nc2ccc(F)c(NC(=O)c3cnc4nc[nH]c4c3)c2F)cc1. The van der Waals surface area contributed by atoms with Crippen molar-refractivity contribution in [1.82, 2.24) is 15.0 Å². The Bertz CT molecular complexity index is 1420. The number of nitrogens with one attached hydrogen (secondary N) is 3. The molecule has 0 saturated carbocycles. The number of nitrogens with zero attached hydrogens (tertiary/aromatic N) is 2. The summed E-state index contributed by atoms with van der Waals surface area (Å²) in [5.41, 5.74) is -0.507. The molecule has 0 unspecified atom stereocenters. The van der Waals surface area contributed by atoms with Gasteiger partial charge in [0.15, 0.2) is 11.5 Å². The Morgan fingerprint density at radius 1 is 1.09 bits per heavy atom. The summed E-state index contributed by atoms with van der Waals surface area (Å²) in [4.78, 5) is 23.0. The van der Waals surface area contributed by atoms with Gasteiger partial charge in [-0.25, -0.2) is 27.2 Å². The molecule has 164 valence electrons. The van der Waals surface area contributed by atoms with Crippen molar-refractivity contribution in [2.45, 2.75) is 4.90 Å². The van der Waals surface area contributed by atoms with Crippen molar-refractivity contribution >= 4 is 38.5 Å². The second-order valence-corrected chi connectivity index (χ2v) is 8.20. The van der Waals surface area contributed by atoms with Crippen molar-refractivity contribution in [3.63, 3.8) is 0 Å². The number of pyridine rings is 1. The minimum absolute atomic E-state index is 0.0183. The van der Waals surface area contributed by atoms with E-state index in [1.807, 2.05) is 0 Å². The molecule has 0 bridgehead atoms. The zero-order valence-corrected chi connectivity index (χ0v) is 17.2. The molecule has 2 heterocycles. The van der Waals surface area contributed by atoms with Gasteiger partial charge in [-0.3, -0.25) is 9.52 Å². The Morgan fingerprint density at radius 3 is 2.56 bits per heavy atom. The van der Waals surface area contributed by atoms with Crippen LogP contribution in [0.5, 0.6) is 5.75 Å². The van der Waals surface area contributed by atoms with E-state index < -0.39 is 38.9 Å². The Kier molecular flexibility index (Phi) is 5.45. The van der Waals surface area contributed by atoms with Gasteiger partial charge in [0, 0.05) is 6.20 Å². The maximum absolute atomic E-state index is 14.9. The molecule has 0 fully saturated rings. The summed E-state index contributed by atoms with van der Waals surface area (Å²) < 4.78 is 61.4. The van der Waals surface area contributed by atoms with Crippen LogP contribution in [0.2, 0.25) is 0 Å². The summed E-state index contributed by atoms with van der Waals surface area (Å²) in [7, 11) is -2.77. The number of carbonyl (C=O) groups excluding carboxylic acids is 1. The van der Waals surface area contributed by atoms with Crippen LogP contribution < -0.4 is 14.8 Å². The van der Waals surface area contributed by atoms with E-state index in [9.17, 15) is 22.0 Å². The van der Waals surface area contributed by atoms with Crippen molar-refractivity contribution < 1.29 is 26.7 Å². The van der Waals surface area contributed by atoms with Gasteiger partial charge in [0.2, 0.25) is 0 Å². The van der Waals surface area contributed by atoms with Gasteiger partial charge in [0.05, 0.1) is 35.1 Å². The second-order valence-electron chi connectivity index (χ2n) is 6.52. The lowest BCUT2D eigenvalue weighted by molar-refractivity contribution is 0.102. The molecule has 0 aliphatic heterocycles. The molecule has 32 heavy (non-hydrogen) atoms. The first-order valence-electron chi connectivity index (χ1n) is 9.04. The van der Waals surface area contributed by atoms with E-state index in [1.165, 1.54) is 50.0 Å². The van der Waals surface area contributed by atoms with Crippen LogP contribution in [0.25, 0.3) is 11.2 Å².